The van der Waals surface area contributed by atoms with E-state index in [1.807, 2.05) is 48.7 Å². The number of hydrogen-bond donors (Lipinski definition) is 2. The van der Waals surface area contributed by atoms with Crippen molar-refractivity contribution >= 4 is 28.6 Å². The first-order valence-corrected chi connectivity index (χ1v) is 9.35. The molecule has 25 heavy (non-hydrogen) atoms. The number of rotatable bonds is 7. The number of carbonyl (C=O) groups is 1. The van der Waals surface area contributed by atoms with E-state index in [0.29, 0.717) is 6.54 Å². The molecule has 3 aromatic rings. The summed E-state index contributed by atoms with van der Waals surface area (Å²) in [4.78, 5) is 16.8. The lowest BCUT2D eigenvalue weighted by molar-refractivity contribution is 0.0951. The zero-order valence-electron chi connectivity index (χ0n) is 14.5. The van der Waals surface area contributed by atoms with Crippen molar-refractivity contribution in [3.05, 3.63) is 59.8 Å². The Morgan fingerprint density at radius 1 is 1.24 bits per heavy atom. The molecule has 130 valence electrons. The Hall–Kier alpha value is -2.40. The quantitative estimate of drug-likeness (QED) is 0.623. The minimum Gasteiger partial charge on any atom is -0.497 e. The number of carbonyl (C=O) groups excluding carboxylic acids is 1. The molecule has 0 radical (unpaired) electrons. The second-order valence-electron chi connectivity index (χ2n) is 5.66. The fraction of sp³-hybridized carbons (Fsp3) is 0.250. The molecule has 2 aromatic carbocycles. The molecule has 0 spiro atoms. The monoisotopic (exact) mass is 354 g/mol. The Bertz CT molecular complexity index is 873. The number of amides is 1. The van der Waals surface area contributed by atoms with Crippen LogP contribution in [0.2, 0.25) is 0 Å². The lowest BCUT2D eigenvalue weighted by Gasteiger charge is -2.09. The molecule has 0 saturated carbocycles. The number of aromatic amines is 1. The standard InChI is InChI=1S/C20H22N2O2S/c1-3-25-19-7-5-4-6-16(19)20(23)21-11-10-14-13-22-18-9-8-15(24-2)12-17(14)18/h4-9,12-13,22H,3,10-11H2,1-2H3,(H,21,23). The number of methoxy groups -OCH3 is 1. The summed E-state index contributed by atoms with van der Waals surface area (Å²) in [6, 6.07) is 13.7. The normalized spacial score (nSPS) is 10.8. The first-order valence-electron chi connectivity index (χ1n) is 8.37. The second kappa shape index (κ2) is 8.12. The molecule has 0 aliphatic heterocycles. The van der Waals surface area contributed by atoms with Crippen molar-refractivity contribution in [3.63, 3.8) is 0 Å². The smallest absolute Gasteiger partial charge is 0.252 e. The molecular weight excluding hydrogens is 332 g/mol. The summed E-state index contributed by atoms with van der Waals surface area (Å²) >= 11 is 1.69. The van der Waals surface area contributed by atoms with Crippen molar-refractivity contribution in [1.29, 1.82) is 0 Å². The van der Waals surface area contributed by atoms with Crippen LogP contribution in [0.25, 0.3) is 10.9 Å². The van der Waals surface area contributed by atoms with E-state index in [9.17, 15) is 4.79 Å². The summed E-state index contributed by atoms with van der Waals surface area (Å²) in [5.74, 6) is 1.76. The Kier molecular flexibility index (Phi) is 5.66. The van der Waals surface area contributed by atoms with Crippen LogP contribution in [0.3, 0.4) is 0 Å². The van der Waals surface area contributed by atoms with Crippen molar-refractivity contribution in [2.75, 3.05) is 19.4 Å². The van der Waals surface area contributed by atoms with Crippen LogP contribution >= 0.6 is 11.8 Å². The number of benzene rings is 2. The van der Waals surface area contributed by atoms with E-state index in [1.54, 1.807) is 18.9 Å². The van der Waals surface area contributed by atoms with Crippen molar-refractivity contribution in [3.8, 4) is 5.75 Å². The van der Waals surface area contributed by atoms with Gasteiger partial charge < -0.3 is 15.0 Å². The van der Waals surface area contributed by atoms with E-state index in [-0.39, 0.29) is 5.91 Å². The van der Waals surface area contributed by atoms with Crippen LogP contribution in [0.5, 0.6) is 5.75 Å². The molecule has 3 rings (SSSR count). The third-order valence-corrected chi connectivity index (χ3v) is 5.04. The highest BCUT2D eigenvalue weighted by Crippen LogP contribution is 2.24. The predicted octanol–water partition coefficient (Wildman–Crippen LogP) is 4.26. The van der Waals surface area contributed by atoms with Gasteiger partial charge in [0, 0.05) is 28.5 Å². The van der Waals surface area contributed by atoms with Crippen LogP contribution in [0.4, 0.5) is 0 Å². The van der Waals surface area contributed by atoms with E-state index >= 15 is 0 Å². The number of aromatic nitrogens is 1. The van der Waals surface area contributed by atoms with Crippen LogP contribution in [0.15, 0.2) is 53.6 Å². The first-order chi connectivity index (χ1) is 12.2. The van der Waals surface area contributed by atoms with Gasteiger partial charge >= 0.3 is 0 Å². The Morgan fingerprint density at radius 2 is 2.08 bits per heavy atom. The van der Waals surface area contributed by atoms with Crippen molar-refractivity contribution < 1.29 is 9.53 Å². The number of fused-ring (bicyclic) bond motifs is 1. The molecule has 1 aromatic heterocycles. The zero-order chi connectivity index (χ0) is 17.6. The third-order valence-electron chi connectivity index (χ3n) is 4.09. The van der Waals surface area contributed by atoms with Crippen molar-refractivity contribution in [2.24, 2.45) is 0 Å². The molecule has 0 aliphatic rings. The van der Waals surface area contributed by atoms with Crippen LogP contribution in [0, 0.1) is 0 Å². The molecule has 0 bridgehead atoms. The Labute approximate surface area is 152 Å². The molecule has 0 fully saturated rings. The largest absolute Gasteiger partial charge is 0.497 e. The summed E-state index contributed by atoms with van der Waals surface area (Å²) in [6.45, 7) is 2.68. The summed E-state index contributed by atoms with van der Waals surface area (Å²) in [6.07, 6.45) is 2.76. The number of nitrogens with one attached hydrogen (secondary N) is 2. The van der Waals surface area contributed by atoms with Gasteiger partial charge in [0.25, 0.3) is 5.91 Å². The number of hydrogen-bond acceptors (Lipinski definition) is 3. The molecule has 1 heterocycles. The summed E-state index contributed by atoms with van der Waals surface area (Å²) < 4.78 is 5.30. The minimum atomic E-state index is -0.0195. The van der Waals surface area contributed by atoms with Crippen LogP contribution in [0.1, 0.15) is 22.8 Å². The van der Waals surface area contributed by atoms with E-state index < -0.39 is 0 Å². The minimum absolute atomic E-state index is 0.0195. The average Bonchev–Trinajstić information content (AvgIpc) is 3.04. The first kappa shape index (κ1) is 17.4. The van der Waals surface area contributed by atoms with Crippen molar-refractivity contribution in [2.45, 2.75) is 18.2 Å². The van der Waals surface area contributed by atoms with Gasteiger partial charge in [0.05, 0.1) is 12.7 Å². The van der Waals surface area contributed by atoms with Gasteiger partial charge in [-0.3, -0.25) is 4.79 Å². The molecular formula is C20H22N2O2S. The lowest BCUT2D eigenvalue weighted by atomic mass is 10.1. The van der Waals surface area contributed by atoms with Crippen LogP contribution < -0.4 is 10.1 Å². The zero-order valence-corrected chi connectivity index (χ0v) is 15.3. The van der Waals surface area contributed by atoms with Gasteiger partial charge in [-0.2, -0.15) is 0 Å². The van der Waals surface area contributed by atoms with Gasteiger partial charge in [-0.15, -0.1) is 11.8 Å². The molecule has 0 aliphatic carbocycles. The van der Waals surface area contributed by atoms with Gasteiger partial charge in [-0.25, -0.2) is 0 Å². The Morgan fingerprint density at radius 3 is 2.88 bits per heavy atom. The number of ether oxygens (including phenoxy) is 1. The van der Waals surface area contributed by atoms with E-state index in [2.05, 4.69) is 17.2 Å². The third kappa shape index (κ3) is 3.99. The van der Waals surface area contributed by atoms with Gasteiger partial charge in [-0.1, -0.05) is 19.1 Å². The Balaban J connectivity index is 1.66. The number of thioether (sulfide) groups is 1. The molecule has 5 heteroatoms. The van der Waals surface area contributed by atoms with E-state index in [0.717, 1.165) is 39.3 Å². The maximum absolute atomic E-state index is 12.5. The van der Waals surface area contributed by atoms with Crippen LogP contribution in [-0.4, -0.2) is 30.3 Å². The van der Waals surface area contributed by atoms with E-state index in [4.69, 9.17) is 4.74 Å². The fourth-order valence-electron chi connectivity index (χ4n) is 2.83. The van der Waals surface area contributed by atoms with Gasteiger partial charge in [0.15, 0.2) is 0 Å². The predicted molar refractivity (Wildman–Crippen MR) is 104 cm³/mol. The molecule has 0 atom stereocenters. The van der Waals surface area contributed by atoms with Gasteiger partial charge in [0.2, 0.25) is 0 Å². The molecule has 4 nitrogen and oxygen atoms in total. The maximum atomic E-state index is 12.5. The molecule has 2 N–H and O–H groups in total. The van der Waals surface area contributed by atoms with Crippen LogP contribution in [-0.2, 0) is 6.42 Å². The highest BCUT2D eigenvalue weighted by molar-refractivity contribution is 7.99. The number of H-pyrrole nitrogens is 1. The highest BCUT2D eigenvalue weighted by Gasteiger charge is 2.11. The SMILES string of the molecule is CCSc1ccccc1C(=O)NCCc1c[nH]c2ccc(OC)cc12. The topological polar surface area (TPSA) is 54.1 Å². The molecule has 1 amide bonds. The lowest BCUT2D eigenvalue weighted by Crippen LogP contribution is -2.26. The molecule has 0 unspecified atom stereocenters. The summed E-state index contributed by atoms with van der Waals surface area (Å²) in [7, 11) is 1.67. The fourth-order valence-corrected chi connectivity index (χ4v) is 3.63. The summed E-state index contributed by atoms with van der Waals surface area (Å²) in [5.41, 5.74) is 2.99. The van der Waals surface area contributed by atoms with E-state index in [1.165, 1.54) is 5.56 Å². The maximum Gasteiger partial charge on any atom is 0.252 e. The summed E-state index contributed by atoms with van der Waals surface area (Å²) in [5, 5.41) is 4.17. The average molecular weight is 354 g/mol. The van der Waals surface area contributed by atoms with Gasteiger partial charge in [0.1, 0.15) is 5.75 Å². The highest BCUT2D eigenvalue weighted by atomic mass is 32.2. The second-order valence-corrected chi connectivity index (χ2v) is 6.97. The van der Waals surface area contributed by atoms with Gasteiger partial charge in [-0.05, 0) is 48.1 Å². The van der Waals surface area contributed by atoms with Crippen molar-refractivity contribution in [1.82, 2.24) is 10.3 Å². The molecule has 0 saturated heterocycles.